The van der Waals surface area contributed by atoms with Crippen molar-refractivity contribution < 1.29 is 23.5 Å². The molecule has 102 valence electrons. The lowest BCUT2D eigenvalue weighted by molar-refractivity contribution is -0.127. The van der Waals surface area contributed by atoms with Crippen LogP contribution in [0.5, 0.6) is 0 Å². The summed E-state index contributed by atoms with van der Waals surface area (Å²) < 4.78 is 18.4. The highest BCUT2D eigenvalue weighted by atomic mass is 79.9. The van der Waals surface area contributed by atoms with Crippen LogP contribution in [-0.4, -0.2) is 30.9 Å². The van der Waals surface area contributed by atoms with Crippen LogP contribution < -0.4 is 11.1 Å². The molecule has 6 nitrogen and oxygen atoms in total. The summed E-state index contributed by atoms with van der Waals surface area (Å²) in [5, 5.41) is 2.12. The highest BCUT2D eigenvalue weighted by Gasteiger charge is 2.15. The van der Waals surface area contributed by atoms with Crippen LogP contribution in [0.15, 0.2) is 22.7 Å². The van der Waals surface area contributed by atoms with Gasteiger partial charge in [-0.15, -0.1) is 0 Å². The van der Waals surface area contributed by atoms with Gasteiger partial charge in [0, 0.05) is 4.47 Å². The Bertz CT molecular complexity index is 521. The van der Waals surface area contributed by atoms with E-state index in [1.165, 1.54) is 12.1 Å². The fourth-order valence-corrected chi connectivity index (χ4v) is 1.43. The van der Waals surface area contributed by atoms with E-state index in [9.17, 15) is 18.8 Å². The van der Waals surface area contributed by atoms with Gasteiger partial charge in [-0.1, -0.05) is 15.9 Å². The maximum atomic E-state index is 13.4. The van der Waals surface area contributed by atoms with Gasteiger partial charge in [-0.2, -0.15) is 0 Å². The van der Waals surface area contributed by atoms with E-state index in [-0.39, 0.29) is 12.1 Å². The number of carbonyl (C=O) groups excluding carboxylic acids is 3. The molecule has 1 rings (SSSR count). The highest BCUT2D eigenvalue weighted by molar-refractivity contribution is 9.10. The Balaban J connectivity index is 2.51. The number of benzene rings is 1. The van der Waals surface area contributed by atoms with E-state index in [4.69, 9.17) is 5.73 Å². The molecule has 0 aliphatic carbocycles. The molecule has 8 heteroatoms. The fourth-order valence-electron chi connectivity index (χ4n) is 1.10. The number of carbonyl (C=O) groups is 3. The lowest BCUT2D eigenvalue weighted by Gasteiger charge is -2.06. The summed E-state index contributed by atoms with van der Waals surface area (Å²) in [6, 6.07) is 3.79. The minimum atomic E-state index is -0.973. The summed E-state index contributed by atoms with van der Waals surface area (Å²) >= 11 is 3.04. The topological polar surface area (TPSA) is 98.5 Å². The van der Waals surface area contributed by atoms with Crippen molar-refractivity contribution in [1.29, 1.82) is 0 Å². The van der Waals surface area contributed by atoms with Crippen molar-refractivity contribution >= 4 is 33.7 Å². The lowest BCUT2D eigenvalue weighted by atomic mass is 10.2. The first-order valence-corrected chi connectivity index (χ1v) is 5.86. The average molecular weight is 333 g/mol. The van der Waals surface area contributed by atoms with Gasteiger partial charge in [0.15, 0.2) is 6.61 Å². The molecule has 1 aromatic rings. The van der Waals surface area contributed by atoms with Crippen LogP contribution in [0.2, 0.25) is 0 Å². The summed E-state index contributed by atoms with van der Waals surface area (Å²) in [7, 11) is 0. The van der Waals surface area contributed by atoms with E-state index in [1.807, 2.05) is 0 Å². The molecule has 0 heterocycles. The number of primary amides is 1. The van der Waals surface area contributed by atoms with Gasteiger partial charge in [0.2, 0.25) is 5.91 Å². The van der Waals surface area contributed by atoms with Crippen LogP contribution in [0.3, 0.4) is 0 Å². The third-order valence-corrected chi connectivity index (χ3v) is 2.44. The van der Waals surface area contributed by atoms with Gasteiger partial charge in [-0.3, -0.25) is 9.59 Å². The van der Waals surface area contributed by atoms with Crippen LogP contribution in [0.4, 0.5) is 4.39 Å². The van der Waals surface area contributed by atoms with Gasteiger partial charge in [0.1, 0.15) is 5.82 Å². The Hall–Kier alpha value is -1.96. The van der Waals surface area contributed by atoms with Crippen LogP contribution in [0, 0.1) is 5.82 Å². The fraction of sp³-hybridized carbons (Fsp3) is 0.182. The van der Waals surface area contributed by atoms with Gasteiger partial charge in [0.25, 0.3) is 5.91 Å². The van der Waals surface area contributed by atoms with Gasteiger partial charge in [-0.25, -0.2) is 9.18 Å². The van der Waals surface area contributed by atoms with E-state index in [1.54, 1.807) is 0 Å². The molecule has 0 saturated carbocycles. The van der Waals surface area contributed by atoms with Crippen molar-refractivity contribution in [3.63, 3.8) is 0 Å². The number of nitrogens with two attached hydrogens (primary N) is 1. The first kappa shape index (κ1) is 15.1. The molecule has 0 fully saturated rings. The number of nitrogens with one attached hydrogen (secondary N) is 1. The number of ether oxygens (including phenoxy) is 1. The molecule has 0 spiro atoms. The van der Waals surface area contributed by atoms with Gasteiger partial charge < -0.3 is 15.8 Å². The molecule has 1 aromatic carbocycles. The zero-order valence-electron chi connectivity index (χ0n) is 9.61. The van der Waals surface area contributed by atoms with E-state index < -0.39 is 30.2 Å². The van der Waals surface area contributed by atoms with Crippen molar-refractivity contribution in [3.8, 4) is 0 Å². The minimum absolute atomic E-state index is 0.286. The number of hydrogen-bond acceptors (Lipinski definition) is 4. The SMILES string of the molecule is NC(=O)CNC(=O)COC(=O)c1ccc(Br)cc1F. The van der Waals surface area contributed by atoms with Gasteiger partial charge in [-0.05, 0) is 18.2 Å². The van der Waals surface area contributed by atoms with Crippen LogP contribution in [0.25, 0.3) is 0 Å². The van der Waals surface area contributed by atoms with Crippen LogP contribution >= 0.6 is 15.9 Å². The maximum absolute atomic E-state index is 13.4. The van der Waals surface area contributed by atoms with E-state index in [0.717, 1.165) is 6.07 Å². The molecule has 0 unspecified atom stereocenters. The monoisotopic (exact) mass is 332 g/mol. The summed E-state index contributed by atoms with van der Waals surface area (Å²) in [5.74, 6) is -3.17. The second-order valence-electron chi connectivity index (χ2n) is 3.44. The Morgan fingerprint density at radius 2 is 2.05 bits per heavy atom. The second kappa shape index (κ2) is 6.83. The van der Waals surface area contributed by atoms with Crippen molar-refractivity contribution in [1.82, 2.24) is 5.32 Å². The molecule has 0 aliphatic heterocycles. The molecular formula is C11H10BrFN2O4. The number of esters is 1. The number of amides is 2. The minimum Gasteiger partial charge on any atom is -0.452 e. The predicted molar refractivity (Wildman–Crippen MR) is 66.6 cm³/mol. The first-order valence-electron chi connectivity index (χ1n) is 5.07. The summed E-state index contributed by atoms with van der Waals surface area (Å²) in [6.45, 7) is -0.982. The molecule has 2 amide bonds. The summed E-state index contributed by atoms with van der Waals surface area (Å²) in [4.78, 5) is 33.0. The Kier molecular flexibility index (Phi) is 5.43. The third-order valence-electron chi connectivity index (χ3n) is 1.95. The number of hydrogen-bond donors (Lipinski definition) is 2. The molecule has 3 N–H and O–H groups in total. The van der Waals surface area contributed by atoms with Crippen molar-refractivity contribution in [2.24, 2.45) is 5.73 Å². The average Bonchev–Trinajstić information content (AvgIpc) is 2.33. The zero-order valence-corrected chi connectivity index (χ0v) is 11.2. The molecule has 0 atom stereocenters. The standard InChI is InChI=1S/C11H10BrFN2O4/c12-6-1-2-7(8(13)3-6)11(18)19-5-10(17)15-4-9(14)16/h1-3H,4-5H2,(H2,14,16)(H,15,17). The van der Waals surface area contributed by atoms with Crippen molar-refractivity contribution in [2.45, 2.75) is 0 Å². The summed E-state index contributed by atoms with van der Waals surface area (Å²) in [6.07, 6.45) is 0. The van der Waals surface area contributed by atoms with E-state index >= 15 is 0 Å². The summed E-state index contributed by atoms with van der Waals surface area (Å²) in [5.41, 5.74) is 4.52. The Labute approximate surface area is 116 Å². The van der Waals surface area contributed by atoms with Gasteiger partial charge in [0.05, 0.1) is 12.1 Å². The molecule has 0 saturated heterocycles. The van der Waals surface area contributed by atoms with Crippen LogP contribution in [0.1, 0.15) is 10.4 Å². The second-order valence-corrected chi connectivity index (χ2v) is 4.36. The Morgan fingerprint density at radius 1 is 1.37 bits per heavy atom. The van der Waals surface area contributed by atoms with Crippen LogP contribution in [-0.2, 0) is 14.3 Å². The van der Waals surface area contributed by atoms with Gasteiger partial charge >= 0.3 is 5.97 Å². The molecular weight excluding hydrogens is 323 g/mol. The molecule has 19 heavy (non-hydrogen) atoms. The third kappa shape index (κ3) is 5.04. The van der Waals surface area contributed by atoms with E-state index in [2.05, 4.69) is 26.0 Å². The van der Waals surface area contributed by atoms with Crippen molar-refractivity contribution in [2.75, 3.05) is 13.2 Å². The molecule has 0 aromatic heterocycles. The largest absolute Gasteiger partial charge is 0.452 e. The number of halogens is 2. The predicted octanol–water partition coefficient (Wildman–Crippen LogP) is 0.347. The zero-order chi connectivity index (χ0) is 14.4. The lowest BCUT2D eigenvalue weighted by Crippen LogP contribution is -2.36. The molecule has 0 bridgehead atoms. The highest BCUT2D eigenvalue weighted by Crippen LogP contribution is 2.15. The molecule has 0 radical (unpaired) electrons. The van der Waals surface area contributed by atoms with E-state index in [0.29, 0.717) is 4.47 Å². The normalized spacial score (nSPS) is 9.79. The molecule has 0 aliphatic rings. The van der Waals surface area contributed by atoms with Crippen molar-refractivity contribution in [3.05, 3.63) is 34.1 Å². The first-order chi connectivity index (χ1) is 8.90. The smallest absolute Gasteiger partial charge is 0.341 e. The number of rotatable bonds is 5. The Morgan fingerprint density at radius 3 is 2.63 bits per heavy atom. The maximum Gasteiger partial charge on any atom is 0.341 e. The quantitative estimate of drug-likeness (QED) is 0.760.